The van der Waals surface area contributed by atoms with Crippen LogP contribution < -0.4 is 0 Å². The quantitative estimate of drug-likeness (QED) is 0.688. The third-order valence-electron chi connectivity index (χ3n) is 3.11. The second-order valence-corrected chi connectivity index (χ2v) is 5.38. The van der Waals surface area contributed by atoms with Crippen LogP contribution in [-0.2, 0) is 13.0 Å². The second kappa shape index (κ2) is 5.46. The molecule has 0 radical (unpaired) electrons. The molecule has 3 rings (SSSR count). The maximum Gasteiger partial charge on any atom is 0.156 e. The predicted molar refractivity (Wildman–Crippen MR) is 79.5 cm³/mol. The minimum absolute atomic E-state index is 0.510. The lowest BCUT2D eigenvalue weighted by atomic mass is 10.3. The number of nitrogens with zero attached hydrogens (tertiary/aromatic N) is 3. The summed E-state index contributed by atoms with van der Waals surface area (Å²) in [5, 5.41) is 4.58. The summed E-state index contributed by atoms with van der Waals surface area (Å²) in [7, 11) is 0. The Morgan fingerprint density at radius 2 is 2.20 bits per heavy atom. The third-order valence-corrected chi connectivity index (χ3v) is 3.60. The molecule has 2 aromatic heterocycles. The SMILES string of the molecule is Cc1cc(Cn2c(CCCl)nc3cccc(Cl)c32)on1. The number of rotatable bonds is 4. The van der Waals surface area contributed by atoms with Gasteiger partial charge >= 0.3 is 0 Å². The number of hydrogen-bond donors (Lipinski definition) is 0. The average Bonchev–Trinajstić information content (AvgIpc) is 2.96. The summed E-state index contributed by atoms with van der Waals surface area (Å²) in [5.41, 5.74) is 2.63. The van der Waals surface area contributed by atoms with E-state index in [0.29, 0.717) is 23.9 Å². The van der Waals surface area contributed by atoms with Crippen molar-refractivity contribution in [3.63, 3.8) is 0 Å². The largest absolute Gasteiger partial charge is 0.359 e. The van der Waals surface area contributed by atoms with Gasteiger partial charge in [-0.15, -0.1) is 11.6 Å². The van der Waals surface area contributed by atoms with E-state index in [9.17, 15) is 0 Å². The first-order valence-electron chi connectivity index (χ1n) is 6.31. The summed E-state index contributed by atoms with van der Waals surface area (Å²) in [6, 6.07) is 7.61. The lowest BCUT2D eigenvalue weighted by Gasteiger charge is -2.06. The normalized spacial score (nSPS) is 11.3. The summed E-state index contributed by atoms with van der Waals surface area (Å²) >= 11 is 12.2. The summed E-state index contributed by atoms with van der Waals surface area (Å²) in [4.78, 5) is 4.60. The van der Waals surface area contributed by atoms with E-state index in [0.717, 1.165) is 28.3 Å². The van der Waals surface area contributed by atoms with Crippen LogP contribution in [0.2, 0.25) is 5.02 Å². The fraction of sp³-hybridized carbons (Fsp3) is 0.286. The summed E-state index contributed by atoms with van der Waals surface area (Å²) < 4.78 is 7.33. The first kappa shape index (κ1) is 13.5. The second-order valence-electron chi connectivity index (χ2n) is 4.60. The van der Waals surface area contributed by atoms with Crippen molar-refractivity contribution in [1.82, 2.24) is 14.7 Å². The molecule has 0 aliphatic heterocycles. The molecule has 0 bridgehead atoms. The molecule has 0 saturated carbocycles. The van der Waals surface area contributed by atoms with E-state index in [1.807, 2.05) is 35.8 Å². The minimum atomic E-state index is 0.510. The molecule has 0 N–H and O–H groups in total. The van der Waals surface area contributed by atoms with Gasteiger partial charge < -0.3 is 9.09 Å². The molecule has 0 amide bonds. The lowest BCUT2D eigenvalue weighted by Crippen LogP contribution is -2.05. The summed E-state index contributed by atoms with van der Waals surface area (Å²) in [5.74, 6) is 2.19. The van der Waals surface area contributed by atoms with Gasteiger partial charge in [-0.2, -0.15) is 0 Å². The number of benzene rings is 1. The van der Waals surface area contributed by atoms with Crippen LogP contribution in [0.15, 0.2) is 28.8 Å². The average molecular weight is 310 g/mol. The van der Waals surface area contributed by atoms with Gasteiger partial charge in [0.25, 0.3) is 0 Å². The Balaban J connectivity index is 2.12. The highest BCUT2D eigenvalue weighted by atomic mass is 35.5. The molecule has 104 valence electrons. The van der Waals surface area contributed by atoms with E-state index in [-0.39, 0.29) is 0 Å². The maximum absolute atomic E-state index is 6.31. The lowest BCUT2D eigenvalue weighted by molar-refractivity contribution is 0.373. The smallest absolute Gasteiger partial charge is 0.156 e. The van der Waals surface area contributed by atoms with Crippen LogP contribution in [0.25, 0.3) is 11.0 Å². The van der Waals surface area contributed by atoms with Gasteiger partial charge in [-0.1, -0.05) is 22.8 Å². The van der Waals surface area contributed by atoms with Crippen LogP contribution in [0.5, 0.6) is 0 Å². The highest BCUT2D eigenvalue weighted by Crippen LogP contribution is 2.26. The number of aromatic nitrogens is 3. The number of halogens is 2. The molecular formula is C14H13Cl2N3O. The Labute approximate surface area is 126 Å². The number of alkyl halides is 1. The van der Waals surface area contributed by atoms with Gasteiger partial charge in [0.2, 0.25) is 0 Å². The van der Waals surface area contributed by atoms with E-state index < -0.39 is 0 Å². The van der Waals surface area contributed by atoms with Gasteiger partial charge in [0.1, 0.15) is 5.82 Å². The Bertz CT molecular complexity index is 748. The standard InChI is InChI=1S/C14H13Cl2N3O/c1-9-7-10(20-18-9)8-19-13(5-6-15)17-12-4-2-3-11(16)14(12)19/h2-4,7H,5-6,8H2,1H3. The minimum Gasteiger partial charge on any atom is -0.359 e. The molecule has 2 heterocycles. The predicted octanol–water partition coefficient (Wildman–Crippen LogP) is 3.82. The first-order chi connectivity index (χ1) is 9.69. The Hall–Kier alpha value is -1.52. The Morgan fingerprint density at radius 3 is 2.90 bits per heavy atom. The van der Waals surface area contributed by atoms with Crippen molar-refractivity contribution < 1.29 is 4.52 Å². The summed E-state index contributed by atoms with van der Waals surface area (Å²) in [6.45, 7) is 2.44. The molecule has 0 aliphatic carbocycles. The van der Waals surface area contributed by atoms with Crippen molar-refractivity contribution in [2.45, 2.75) is 19.9 Å². The molecule has 3 aromatic rings. The van der Waals surface area contributed by atoms with Gasteiger partial charge in [0.05, 0.1) is 28.3 Å². The molecular weight excluding hydrogens is 297 g/mol. The van der Waals surface area contributed by atoms with Crippen LogP contribution in [0, 0.1) is 6.92 Å². The van der Waals surface area contributed by atoms with Gasteiger partial charge in [0.15, 0.2) is 5.76 Å². The van der Waals surface area contributed by atoms with Crippen LogP contribution in [-0.4, -0.2) is 20.6 Å². The van der Waals surface area contributed by atoms with E-state index in [4.69, 9.17) is 27.7 Å². The van der Waals surface area contributed by atoms with Crippen LogP contribution in [0.4, 0.5) is 0 Å². The van der Waals surface area contributed by atoms with E-state index in [1.54, 1.807) is 0 Å². The summed E-state index contributed by atoms with van der Waals surface area (Å²) in [6.07, 6.45) is 0.680. The molecule has 6 heteroatoms. The van der Waals surface area contributed by atoms with Crippen molar-refractivity contribution in [2.75, 3.05) is 5.88 Å². The van der Waals surface area contributed by atoms with Gasteiger partial charge in [-0.3, -0.25) is 0 Å². The highest BCUT2D eigenvalue weighted by Gasteiger charge is 2.14. The van der Waals surface area contributed by atoms with E-state index >= 15 is 0 Å². The van der Waals surface area contributed by atoms with Crippen LogP contribution >= 0.6 is 23.2 Å². The number of fused-ring (bicyclic) bond motifs is 1. The Kier molecular flexibility index (Phi) is 3.68. The fourth-order valence-electron chi connectivity index (χ4n) is 2.28. The van der Waals surface area contributed by atoms with E-state index in [2.05, 4.69) is 10.1 Å². The van der Waals surface area contributed by atoms with Crippen molar-refractivity contribution >= 4 is 34.2 Å². The molecule has 0 aliphatic rings. The van der Waals surface area contributed by atoms with Crippen LogP contribution in [0.1, 0.15) is 17.3 Å². The molecule has 1 aromatic carbocycles. The maximum atomic E-state index is 6.31. The molecule has 0 atom stereocenters. The molecule has 20 heavy (non-hydrogen) atoms. The van der Waals surface area contributed by atoms with Crippen molar-refractivity contribution in [2.24, 2.45) is 0 Å². The Morgan fingerprint density at radius 1 is 1.35 bits per heavy atom. The molecule has 0 fully saturated rings. The number of aryl methyl sites for hydroxylation is 2. The van der Waals surface area contributed by atoms with Crippen molar-refractivity contribution in [1.29, 1.82) is 0 Å². The van der Waals surface area contributed by atoms with Gasteiger partial charge in [-0.25, -0.2) is 4.98 Å². The van der Waals surface area contributed by atoms with Crippen molar-refractivity contribution in [3.8, 4) is 0 Å². The monoisotopic (exact) mass is 309 g/mol. The fourth-order valence-corrected chi connectivity index (χ4v) is 2.72. The number of para-hydroxylation sites is 1. The zero-order chi connectivity index (χ0) is 14.1. The number of hydrogen-bond acceptors (Lipinski definition) is 3. The third kappa shape index (κ3) is 2.41. The van der Waals surface area contributed by atoms with Crippen molar-refractivity contribution in [3.05, 3.63) is 46.6 Å². The van der Waals surface area contributed by atoms with Gasteiger partial charge in [-0.05, 0) is 19.1 Å². The van der Waals surface area contributed by atoms with Crippen LogP contribution in [0.3, 0.4) is 0 Å². The zero-order valence-electron chi connectivity index (χ0n) is 10.9. The topological polar surface area (TPSA) is 43.9 Å². The first-order valence-corrected chi connectivity index (χ1v) is 7.22. The van der Waals surface area contributed by atoms with Gasteiger partial charge in [0, 0.05) is 18.4 Å². The molecule has 0 unspecified atom stereocenters. The molecule has 4 nitrogen and oxygen atoms in total. The molecule has 0 saturated heterocycles. The highest BCUT2D eigenvalue weighted by molar-refractivity contribution is 6.35. The number of imidazole rings is 1. The zero-order valence-corrected chi connectivity index (χ0v) is 12.4. The van der Waals surface area contributed by atoms with E-state index in [1.165, 1.54) is 0 Å². The molecule has 0 spiro atoms.